The summed E-state index contributed by atoms with van der Waals surface area (Å²) in [6, 6.07) is 0. The van der Waals surface area contributed by atoms with E-state index in [-0.39, 0.29) is 12.2 Å². The van der Waals surface area contributed by atoms with Crippen molar-refractivity contribution >= 4 is 6.16 Å². The number of hydrogen-bond donors (Lipinski definition) is 0. The van der Waals surface area contributed by atoms with Crippen molar-refractivity contribution in [1.82, 2.24) is 0 Å². The Morgan fingerprint density at radius 3 is 1.87 bits per heavy atom. The van der Waals surface area contributed by atoms with Crippen molar-refractivity contribution < 1.29 is 14.3 Å². The highest BCUT2D eigenvalue weighted by Gasteiger charge is 2.55. The molecule has 1 saturated heterocycles. The Morgan fingerprint density at radius 2 is 1.47 bits per heavy atom. The molecule has 4 unspecified atom stereocenters. The van der Waals surface area contributed by atoms with E-state index in [0.717, 1.165) is 5.92 Å². The highest BCUT2D eigenvalue weighted by atomic mass is 16.8. The topological polar surface area (TPSA) is 35.5 Å². The van der Waals surface area contributed by atoms with Gasteiger partial charge in [0.1, 0.15) is 12.2 Å². The largest absolute Gasteiger partial charge is 0.509 e. The van der Waals surface area contributed by atoms with E-state index >= 15 is 0 Å². The summed E-state index contributed by atoms with van der Waals surface area (Å²) in [5.74, 6) is 2.05. The average Bonchev–Trinajstić information content (AvgIpc) is 2.71. The van der Waals surface area contributed by atoms with Crippen LogP contribution in [0.1, 0.15) is 40.0 Å². The summed E-state index contributed by atoms with van der Waals surface area (Å²) in [5.41, 5.74) is 0. The molecule has 0 spiro atoms. The molecule has 0 aromatic heterocycles. The minimum absolute atomic E-state index is 0.112. The lowest BCUT2D eigenvalue weighted by Gasteiger charge is -2.19. The number of hydrogen-bond acceptors (Lipinski definition) is 3. The summed E-state index contributed by atoms with van der Waals surface area (Å²) in [4.78, 5) is 10.7. The second kappa shape index (κ2) is 4.03. The highest BCUT2D eigenvalue weighted by Crippen LogP contribution is 2.49. The molecule has 2 aliphatic carbocycles. The molecule has 86 valence electrons. The van der Waals surface area contributed by atoms with Crippen LogP contribution in [0, 0.1) is 17.8 Å². The van der Waals surface area contributed by atoms with Crippen LogP contribution in [0.15, 0.2) is 0 Å². The van der Waals surface area contributed by atoms with Gasteiger partial charge in [0.2, 0.25) is 0 Å². The lowest BCUT2D eigenvalue weighted by molar-refractivity contribution is 0.100. The SMILES string of the molecule is CC(C)C.O=C1OC2C3CCC(C3)C2O1. The van der Waals surface area contributed by atoms with Crippen LogP contribution in [0.5, 0.6) is 0 Å². The van der Waals surface area contributed by atoms with Crippen molar-refractivity contribution in [2.75, 3.05) is 0 Å². The molecule has 2 bridgehead atoms. The van der Waals surface area contributed by atoms with Crippen molar-refractivity contribution in [2.45, 2.75) is 52.2 Å². The van der Waals surface area contributed by atoms with Gasteiger partial charge >= 0.3 is 6.16 Å². The number of ether oxygens (including phenoxy) is 2. The lowest BCUT2D eigenvalue weighted by atomic mass is 9.95. The fourth-order valence-electron chi connectivity index (χ4n) is 2.76. The summed E-state index contributed by atoms with van der Waals surface area (Å²) in [7, 11) is 0. The first-order valence-electron chi connectivity index (χ1n) is 5.95. The Kier molecular flexibility index (Phi) is 2.89. The molecule has 1 heterocycles. The highest BCUT2D eigenvalue weighted by molar-refractivity contribution is 5.63. The fourth-order valence-corrected chi connectivity index (χ4v) is 2.76. The van der Waals surface area contributed by atoms with Crippen LogP contribution in [0.3, 0.4) is 0 Å². The molecule has 4 atom stereocenters. The lowest BCUT2D eigenvalue weighted by Crippen LogP contribution is -2.28. The number of carbonyl (C=O) groups excluding carboxylic acids is 1. The monoisotopic (exact) mass is 212 g/mol. The maximum Gasteiger partial charge on any atom is 0.509 e. The molecule has 3 nitrogen and oxygen atoms in total. The molecule has 1 aliphatic heterocycles. The summed E-state index contributed by atoms with van der Waals surface area (Å²) in [6.45, 7) is 6.50. The Hall–Kier alpha value is -0.730. The smallest absolute Gasteiger partial charge is 0.427 e. The van der Waals surface area contributed by atoms with Gasteiger partial charge in [-0.05, 0) is 25.2 Å². The zero-order valence-corrected chi connectivity index (χ0v) is 9.73. The molecule has 2 saturated carbocycles. The van der Waals surface area contributed by atoms with Crippen LogP contribution in [0.4, 0.5) is 4.79 Å². The summed E-state index contributed by atoms with van der Waals surface area (Å²) >= 11 is 0. The molecule has 3 heteroatoms. The van der Waals surface area contributed by atoms with Crippen molar-refractivity contribution in [3.63, 3.8) is 0 Å². The Bertz CT molecular complexity index is 226. The van der Waals surface area contributed by atoms with Crippen molar-refractivity contribution in [2.24, 2.45) is 17.8 Å². The Labute approximate surface area is 91.1 Å². The molecule has 0 N–H and O–H groups in total. The maximum atomic E-state index is 10.7. The number of carbonyl (C=O) groups is 1. The maximum absolute atomic E-state index is 10.7. The predicted octanol–water partition coefficient (Wildman–Crippen LogP) is 2.98. The summed E-state index contributed by atoms with van der Waals surface area (Å²) in [6.07, 6.45) is 3.44. The fraction of sp³-hybridized carbons (Fsp3) is 0.917. The second-order valence-electron chi connectivity index (χ2n) is 5.48. The van der Waals surface area contributed by atoms with Crippen LogP contribution in [0.25, 0.3) is 0 Å². The van der Waals surface area contributed by atoms with E-state index in [1.807, 2.05) is 0 Å². The van der Waals surface area contributed by atoms with Crippen LogP contribution < -0.4 is 0 Å². The predicted molar refractivity (Wildman–Crippen MR) is 56.5 cm³/mol. The van der Waals surface area contributed by atoms with E-state index < -0.39 is 6.16 Å². The van der Waals surface area contributed by atoms with Crippen LogP contribution in [-0.4, -0.2) is 18.4 Å². The molecule has 0 aromatic carbocycles. The molecule has 0 radical (unpaired) electrons. The van der Waals surface area contributed by atoms with E-state index in [1.54, 1.807) is 0 Å². The Balaban J connectivity index is 0.000000188. The standard InChI is InChI=1S/C8H10O3.C4H10/c9-8-10-6-4-1-2-5(3-4)7(6)11-8;1-4(2)3/h4-7H,1-3H2;4H,1-3H3. The van der Waals surface area contributed by atoms with E-state index in [1.165, 1.54) is 19.3 Å². The van der Waals surface area contributed by atoms with Gasteiger partial charge in [-0.25, -0.2) is 4.79 Å². The second-order valence-corrected chi connectivity index (χ2v) is 5.48. The van der Waals surface area contributed by atoms with Gasteiger partial charge in [0, 0.05) is 11.8 Å². The number of fused-ring (bicyclic) bond motifs is 5. The third-order valence-electron chi connectivity index (χ3n) is 3.23. The van der Waals surface area contributed by atoms with Gasteiger partial charge in [0.05, 0.1) is 0 Å². The van der Waals surface area contributed by atoms with E-state index in [2.05, 4.69) is 20.8 Å². The van der Waals surface area contributed by atoms with Gasteiger partial charge in [-0.15, -0.1) is 0 Å². The Morgan fingerprint density at radius 1 is 1.07 bits per heavy atom. The molecule has 3 aliphatic rings. The number of rotatable bonds is 0. The van der Waals surface area contributed by atoms with Crippen LogP contribution in [-0.2, 0) is 9.47 Å². The van der Waals surface area contributed by atoms with Gasteiger partial charge in [0.15, 0.2) is 0 Å². The first kappa shape index (κ1) is 10.8. The van der Waals surface area contributed by atoms with Gasteiger partial charge in [-0.2, -0.15) is 0 Å². The van der Waals surface area contributed by atoms with Crippen molar-refractivity contribution in [3.05, 3.63) is 0 Å². The first-order valence-corrected chi connectivity index (χ1v) is 5.95. The van der Waals surface area contributed by atoms with Gasteiger partial charge in [0.25, 0.3) is 0 Å². The minimum Gasteiger partial charge on any atom is -0.427 e. The molecule has 0 aromatic rings. The van der Waals surface area contributed by atoms with Gasteiger partial charge < -0.3 is 9.47 Å². The van der Waals surface area contributed by atoms with Crippen molar-refractivity contribution in [1.29, 1.82) is 0 Å². The summed E-state index contributed by atoms with van der Waals surface area (Å²) in [5, 5.41) is 0. The summed E-state index contributed by atoms with van der Waals surface area (Å²) < 4.78 is 10.1. The van der Waals surface area contributed by atoms with E-state index in [9.17, 15) is 4.79 Å². The van der Waals surface area contributed by atoms with Gasteiger partial charge in [-0.3, -0.25) is 0 Å². The third-order valence-corrected chi connectivity index (χ3v) is 3.23. The molecule has 3 rings (SSSR count). The zero-order chi connectivity index (χ0) is 11.0. The van der Waals surface area contributed by atoms with E-state index in [4.69, 9.17) is 9.47 Å². The normalized spacial score (nSPS) is 40.7. The van der Waals surface area contributed by atoms with Crippen LogP contribution in [0.2, 0.25) is 0 Å². The molecule has 3 fully saturated rings. The first-order chi connectivity index (χ1) is 7.08. The average molecular weight is 212 g/mol. The molecular formula is C12H20O3. The van der Waals surface area contributed by atoms with E-state index in [0.29, 0.717) is 11.8 Å². The molecule has 0 amide bonds. The van der Waals surface area contributed by atoms with Crippen LogP contribution >= 0.6 is 0 Å². The zero-order valence-electron chi connectivity index (χ0n) is 9.73. The third kappa shape index (κ3) is 2.11. The quantitative estimate of drug-likeness (QED) is 0.579. The van der Waals surface area contributed by atoms with Crippen molar-refractivity contribution in [3.8, 4) is 0 Å². The molecular weight excluding hydrogens is 192 g/mol. The van der Waals surface area contributed by atoms with Gasteiger partial charge in [-0.1, -0.05) is 20.8 Å². The molecule has 15 heavy (non-hydrogen) atoms. The minimum atomic E-state index is -0.448.